The summed E-state index contributed by atoms with van der Waals surface area (Å²) in [5.41, 5.74) is 1.03. The Balaban J connectivity index is 2.26. The van der Waals surface area contributed by atoms with Crippen LogP contribution in [-0.4, -0.2) is 13.2 Å². The molecule has 1 nitrogen and oxygen atoms in total. The molecule has 0 aliphatic rings. The van der Waals surface area contributed by atoms with Crippen molar-refractivity contribution in [1.82, 2.24) is 0 Å². The lowest BCUT2D eigenvalue weighted by molar-refractivity contribution is 0.199. The third-order valence-corrected chi connectivity index (χ3v) is 2.10. The molecule has 0 saturated heterocycles. The molecule has 0 aliphatic carbocycles. The zero-order valence-electron chi connectivity index (χ0n) is 8.66. The fourth-order valence-corrected chi connectivity index (χ4v) is 1.12. The highest BCUT2D eigenvalue weighted by atomic mass is 127. The summed E-state index contributed by atoms with van der Waals surface area (Å²) >= 11 is 2.26. The minimum atomic E-state index is 0.481. The Labute approximate surface area is 105 Å². The van der Waals surface area contributed by atoms with Crippen molar-refractivity contribution in [3.8, 4) is 11.8 Å². The molecule has 0 amide bonds. The summed E-state index contributed by atoms with van der Waals surface area (Å²) in [4.78, 5) is 0. The first-order valence-electron chi connectivity index (χ1n) is 4.73. The van der Waals surface area contributed by atoms with Crippen molar-refractivity contribution in [3.63, 3.8) is 0 Å². The maximum Gasteiger partial charge on any atom is 0.108 e. The average molecular weight is 312 g/mol. The van der Waals surface area contributed by atoms with Gasteiger partial charge in [-0.15, -0.1) is 0 Å². The van der Waals surface area contributed by atoms with Crippen molar-refractivity contribution in [2.45, 2.75) is 6.92 Å². The van der Waals surface area contributed by atoms with Crippen molar-refractivity contribution in [1.29, 1.82) is 0 Å². The van der Waals surface area contributed by atoms with Gasteiger partial charge in [0.25, 0.3) is 0 Å². The first-order chi connectivity index (χ1) is 7.29. The van der Waals surface area contributed by atoms with Crippen LogP contribution in [-0.2, 0) is 4.74 Å². The van der Waals surface area contributed by atoms with Crippen LogP contribution in [0.15, 0.2) is 40.0 Å². The van der Waals surface area contributed by atoms with Gasteiger partial charge in [0.15, 0.2) is 0 Å². The van der Waals surface area contributed by atoms with E-state index in [1.807, 2.05) is 43.3 Å². The van der Waals surface area contributed by atoms with Gasteiger partial charge in [-0.25, -0.2) is 0 Å². The lowest BCUT2D eigenvalue weighted by Crippen LogP contribution is -1.91. The molecule has 2 heteroatoms. The van der Waals surface area contributed by atoms with Crippen molar-refractivity contribution >= 4 is 22.6 Å². The molecule has 0 bridgehead atoms. The molecule has 0 radical (unpaired) electrons. The summed E-state index contributed by atoms with van der Waals surface area (Å²) in [5.74, 6) is 6.01. The summed E-state index contributed by atoms with van der Waals surface area (Å²) in [6.45, 7) is 3.16. The van der Waals surface area contributed by atoms with Crippen LogP contribution in [0.3, 0.4) is 0 Å². The van der Waals surface area contributed by atoms with Crippen LogP contribution < -0.4 is 0 Å². The Morgan fingerprint density at radius 2 is 2.13 bits per heavy atom. The molecule has 0 heterocycles. The van der Waals surface area contributed by atoms with E-state index in [-0.39, 0.29) is 0 Å². The Hall–Kier alpha value is -0.790. The SMILES string of the molecule is C/C(I)=C\COCC#Cc1ccccc1. The van der Waals surface area contributed by atoms with Crippen LogP contribution in [0.1, 0.15) is 12.5 Å². The maximum atomic E-state index is 5.31. The van der Waals surface area contributed by atoms with E-state index in [0.29, 0.717) is 13.2 Å². The number of hydrogen-bond donors (Lipinski definition) is 0. The molecule has 1 aromatic rings. The smallest absolute Gasteiger partial charge is 0.108 e. The first-order valence-corrected chi connectivity index (χ1v) is 5.81. The van der Waals surface area contributed by atoms with E-state index in [1.165, 1.54) is 3.58 Å². The van der Waals surface area contributed by atoms with Crippen molar-refractivity contribution in [3.05, 3.63) is 45.6 Å². The standard InChI is InChI=1S/C13H13IO/c1-12(14)9-11-15-10-5-8-13-6-3-2-4-7-13/h2-4,6-7,9H,10-11H2,1H3/b12-9+. The molecule has 0 saturated carbocycles. The molecule has 1 aromatic carbocycles. The molecular weight excluding hydrogens is 299 g/mol. The van der Waals surface area contributed by atoms with Gasteiger partial charge in [0, 0.05) is 5.56 Å². The Morgan fingerprint density at radius 1 is 1.40 bits per heavy atom. The van der Waals surface area contributed by atoms with Gasteiger partial charge < -0.3 is 4.74 Å². The zero-order chi connectivity index (χ0) is 10.9. The molecule has 1 rings (SSSR count). The number of halogens is 1. The first kappa shape index (κ1) is 12.3. The van der Waals surface area contributed by atoms with E-state index in [1.54, 1.807) is 0 Å². The maximum absolute atomic E-state index is 5.31. The highest BCUT2D eigenvalue weighted by Gasteiger charge is 1.82. The van der Waals surface area contributed by atoms with Gasteiger partial charge in [-0.05, 0) is 51.3 Å². The lowest BCUT2D eigenvalue weighted by atomic mass is 10.2. The number of ether oxygens (including phenoxy) is 1. The molecule has 0 atom stereocenters. The van der Waals surface area contributed by atoms with Crippen LogP contribution in [0.2, 0.25) is 0 Å². The number of benzene rings is 1. The van der Waals surface area contributed by atoms with Crippen molar-refractivity contribution in [2.75, 3.05) is 13.2 Å². The molecule has 78 valence electrons. The number of allylic oxidation sites excluding steroid dienone is 1. The molecule has 0 fully saturated rings. The van der Waals surface area contributed by atoms with Crippen LogP contribution in [0.25, 0.3) is 0 Å². The Morgan fingerprint density at radius 3 is 2.80 bits per heavy atom. The topological polar surface area (TPSA) is 9.23 Å². The largest absolute Gasteiger partial charge is 0.365 e. The van der Waals surface area contributed by atoms with Gasteiger partial charge in [0.05, 0.1) is 6.61 Å². The molecule has 0 N–H and O–H groups in total. The van der Waals surface area contributed by atoms with Gasteiger partial charge in [0.2, 0.25) is 0 Å². The third-order valence-electron chi connectivity index (χ3n) is 1.66. The van der Waals surface area contributed by atoms with Gasteiger partial charge in [-0.2, -0.15) is 0 Å². The summed E-state index contributed by atoms with van der Waals surface area (Å²) in [5, 5.41) is 0. The van der Waals surface area contributed by atoms with Gasteiger partial charge >= 0.3 is 0 Å². The third kappa shape index (κ3) is 6.32. The minimum Gasteiger partial charge on any atom is -0.365 e. The van der Waals surface area contributed by atoms with Gasteiger partial charge in [-0.3, -0.25) is 0 Å². The average Bonchev–Trinajstić information content (AvgIpc) is 2.24. The summed E-state index contributed by atoms with van der Waals surface area (Å²) in [6, 6.07) is 9.92. The van der Waals surface area contributed by atoms with Crippen LogP contribution in [0, 0.1) is 11.8 Å². The van der Waals surface area contributed by atoms with E-state index < -0.39 is 0 Å². The fourth-order valence-electron chi connectivity index (χ4n) is 0.943. The second-order valence-corrected chi connectivity index (χ2v) is 4.68. The van der Waals surface area contributed by atoms with E-state index in [9.17, 15) is 0 Å². The van der Waals surface area contributed by atoms with Crippen LogP contribution >= 0.6 is 22.6 Å². The predicted octanol–water partition coefficient (Wildman–Crippen LogP) is 3.39. The number of hydrogen-bond acceptors (Lipinski definition) is 1. The van der Waals surface area contributed by atoms with E-state index in [2.05, 4.69) is 34.4 Å². The van der Waals surface area contributed by atoms with Gasteiger partial charge in [0.1, 0.15) is 6.61 Å². The molecular formula is C13H13IO. The fraction of sp³-hybridized carbons (Fsp3) is 0.231. The highest BCUT2D eigenvalue weighted by molar-refractivity contribution is 14.1. The predicted molar refractivity (Wildman–Crippen MR) is 71.9 cm³/mol. The second kappa shape index (κ2) is 7.49. The number of rotatable bonds is 3. The zero-order valence-corrected chi connectivity index (χ0v) is 10.8. The monoisotopic (exact) mass is 312 g/mol. The van der Waals surface area contributed by atoms with E-state index in [0.717, 1.165) is 5.56 Å². The summed E-state index contributed by atoms with van der Waals surface area (Å²) in [7, 11) is 0. The van der Waals surface area contributed by atoms with Crippen molar-refractivity contribution in [2.24, 2.45) is 0 Å². The Kier molecular flexibility index (Phi) is 6.14. The van der Waals surface area contributed by atoms with E-state index in [4.69, 9.17) is 4.74 Å². The minimum absolute atomic E-state index is 0.481. The summed E-state index contributed by atoms with van der Waals surface area (Å²) < 4.78 is 6.55. The highest BCUT2D eigenvalue weighted by Crippen LogP contribution is 2.01. The normalized spacial score (nSPS) is 10.7. The van der Waals surface area contributed by atoms with Crippen molar-refractivity contribution < 1.29 is 4.74 Å². The molecule has 0 aliphatic heterocycles. The Bertz CT molecular complexity index is 367. The molecule has 0 unspecified atom stereocenters. The van der Waals surface area contributed by atoms with E-state index >= 15 is 0 Å². The van der Waals surface area contributed by atoms with Crippen LogP contribution in [0.5, 0.6) is 0 Å². The molecule has 0 spiro atoms. The summed E-state index contributed by atoms with van der Waals surface area (Å²) in [6.07, 6.45) is 2.03. The van der Waals surface area contributed by atoms with Crippen LogP contribution in [0.4, 0.5) is 0 Å². The molecule has 15 heavy (non-hydrogen) atoms. The lowest BCUT2D eigenvalue weighted by Gasteiger charge is -1.93. The molecule has 0 aromatic heterocycles. The van der Waals surface area contributed by atoms with Gasteiger partial charge in [-0.1, -0.05) is 30.0 Å². The quantitative estimate of drug-likeness (QED) is 0.472. The second-order valence-electron chi connectivity index (χ2n) is 2.97.